The number of nitrogens with two attached hydrogens (primary N) is 2. The van der Waals surface area contributed by atoms with Crippen molar-refractivity contribution in [2.45, 2.75) is 62.7 Å². The highest BCUT2D eigenvalue weighted by Crippen LogP contribution is 2.12. The van der Waals surface area contributed by atoms with Gasteiger partial charge in [-0.2, -0.15) is 0 Å². The molecule has 2 aromatic carbocycles. The lowest BCUT2D eigenvalue weighted by Gasteiger charge is -2.25. The Morgan fingerprint density at radius 2 is 1.42 bits per heavy atom. The highest BCUT2D eigenvalue weighted by Gasteiger charge is 2.30. The van der Waals surface area contributed by atoms with Crippen molar-refractivity contribution in [3.63, 3.8) is 0 Å². The maximum Gasteiger partial charge on any atom is 0.326 e. The molecular formula is C30H39N7O6. The fourth-order valence-corrected chi connectivity index (χ4v) is 4.44. The van der Waals surface area contributed by atoms with Gasteiger partial charge in [-0.3, -0.25) is 14.4 Å². The number of phenolic OH excluding ortho intramolecular Hbond substituents is 1. The number of aromatic amines is 1. The van der Waals surface area contributed by atoms with Gasteiger partial charge in [0.15, 0.2) is 0 Å². The molecule has 0 bridgehead atoms. The van der Waals surface area contributed by atoms with Gasteiger partial charge in [0.25, 0.3) is 0 Å². The molecule has 43 heavy (non-hydrogen) atoms. The SMILES string of the molecule is NCCCCC(NC(=O)C(Cc1cnc[nH]1)NC(=O)C(N)Cc1ccc(O)cc1)C(=O)NC(Cc1ccccc1)C(=O)O. The predicted octanol–water partition coefficient (Wildman–Crippen LogP) is 0.139. The standard InChI is InChI=1S/C30H39N7O6/c31-13-5-4-8-24(28(40)37-26(30(42)43)15-19-6-2-1-3-7-19)35-29(41)25(16-21-17-33-18-34-21)36-27(39)23(32)14-20-9-11-22(38)12-10-20/h1-3,6-7,9-12,17-18,23-26,38H,4-5,8,13-16,31-32H2,(H,33,34)(H,35,41)(H,36,39)(H,37,40)(H,42,43). The van der Waals surface area contributed by atoms with Crippen molar-refractivity contribution in [2.24, 2.45) is 11.5 Å². The number of carboxylic acid groups (broad SMARTS) is 1. The van der Waals surface area contributed by atoms with Gasteiger partial charge < -0.3 is 42.6 Å². The third kappa shape index (κ3) is 10.9. The molecule has 3 rings (SSSR count). The number of aliphatic carboxylic acids is 1. The second-order valence-electron chi connectivity index (χ2n) is 10.3. The zero-order valence-electron chi connectivity index (χ0n) is 23.7. The van der Waals surface area contributed by atoms with Gasteiger partial charge >= 0.3 is 5.97 Å². The number of carboxylic acids is 1. The van der Waals surface area contributed by atoms with Crippen molar-refractivity contribution >= 4 is 23.7 Å². The number of phenols is 1. The summed E-state index contributed by atoms with van der Waals surface area (Å²) >= 11 is 0. The van der Waals surface area contributed by atoms with E-state index in [0.717, 1.165) is 11.1 Å². The number of benzene rings is 2. The molecular weight excluding hydrogens is 554 g/mol. The Kier molecular flexibility index (Phi) is 12.7. The molecule has 0 aliphatic carbocycles. The first kappa shape index (κ1) is 32.8. The maximum atomic E-state index is 13.5. The normalized spacial score (nSPS) is 13.7. The molecule has 3 aromatic rings. The van der Waals surface area contributed by atoms with E-state index in [1.54, 1.807) is 42.5 Å². The Bertz CT molecular complexity index is 1320. The number of imidazole rings is 1. The summed E-state index contributed by atoms with van der Waals surface area (Å²) in [4.78, 5) is 58.7. The van der Waals surface area contributed by atoms with E-state index in [4.69, 9.17) is 11.5 Å². The highest BCUT2D eigenvalue weighted by molar-refractivity contribution is 5.94. The molecule has 1 heterocycles. The van der Waals surface area contributed by atoms with E-state index < -0.39 is 47.9 Å². The van der Waals surface area contributed by atoms with Crippen LogP contribution in [-0.4, -0.2) is 74.6 Å². The Hall–Kier alpha value is -4.75. The Morgan fingerprint density at radius 3 is 2.05 bits per heavy atom. The van der Waals surface area contributed by atoms with Crippen LogP contribution in [0.4, 0.5) is 0 Å². The van der Waals surface area contributed by atoms with Crippen molar-refractivity contribution in [3.05, 3.63) is 83.9 Å². The van der Waals surface area contributed by atoms with Gasteiger partial charge in [0.2, 0.25) is 17.7 Å². The summed E-state index contributed by atoms with van der Waals surface area (Å²) in [6, 6.07) is 10.7. The van der Waals surface area contributed by atoms with E-state index in [1.165, 1.54) is 24.7 Å². The van der Waals surface area contributed by atoms with Crippen LogP contribution in [0, 0.1) is 0 Å². The van der Waals surface area contributed by atoms with Crippen LogP contribution in [-0.2, 0) is 38.4 Å². The van der Waals surface area contributed by atoms with Gasteiger partial charge in [-0.05, 0) is 55.5 Å². The van der Waals surface area contributed by atoms with Crippen LogP contribution in [0.2, 0.25) is 0 Å². The zero-order valence-corrected chi connectivity index (χ0v) is 23.7. The van der Waals surface area contributed by atoms with Gasteiger partial charge in [-0.25, -0.2) is 9.78 Å². The van der Waals surface area contributed by atoms with Crippen LogP contribution >= 0.6 is 0 Å². The van der Waals surface area contributed by atoms with Gasteiger partial charge in [-0.1, -0.05) is 42.5 Å². The number of unbranched alkanes of at least 4 members (excludes halogenated alkanes) is 1. The second kappa shape index (κ2) is 16.6. The van der Waals surface area contributed by atoms with Gasteiger partial charge in [0.05, 0.1) is 12.4 Å². The fraction of sp³-hybridized carbons (Fsp3) is 0.367. The van der Waals surface area contributed by atoms with E-state index in [1.807, 2.05) is 0 Å². The molecule has 0 spiro atoms. The topological polar surface area (TPSA) is 226 Å². The summed E-state index contributed by atoms with van der Waals surface area (Å²) in [6.07, 6.45) is 4.49. The van der Waals surface area contributed by atoms with E-state index >= 15 is 0 Å². The van der Waals surface area contributed by atoms with Crippen LogP contribution in [0.5, 0.6) is 5.75 Å². The highest BCUT2D eigenvalue weighted by atomic mass is 16.4. The van der Waals surface area contributed by atoms with Crippen molar-refractivity contribution in [3.8, 4) is 5.75 Å². The summed E-state index contributed by atoms with van der Waals surface area (Å²) < 4.78 is 0. The minimum absolute atomic E-state index is 0.0341. The number of rotatable bonds is 17. The molecule has 10 N–H and O–H groups in total. The number of amides is 3. The first-order chi connectivity index (χ1) is 20.7. The summed E-state index contributed by atoms with van der Waals surface area (Å²) in [7, 11) is 0. The van der Waals surface area contributed by atoms with Crippen LogP contribution in [0.25, 0.3) is 0 Å². The van der Waals surface area contributed by atoms with Gasteiger partial charge in [0, 0.05) is 24.7 Å². The van der Waals surface area contributed by atoms with E-state index in [0.29, 0.717) is 25.1 Å². The molecule has 3 amide bonds. The number of nitrogens with one attached hydrogen (secondary N) is 4. The second-order valence-corrected chi connectivity index (χ2v) is 10.3. The quantitative estimate of drug-likeness (QED) is 0.0995. The fourth-order valence-electron chi connectivity index (χ4n) is 4.44. The van der Waals surface area contributed by atoms with E-state index in [-0.39, 0.29) is 31.4 Å². The molecule has 13 heteroatoms. The number of H-pyrrole nitrogens is 1. The van der Waals surface area contributed by atoms with Crippen LogP contribution in [0.15, 0.2) is 67.1 Å². The summed E-state index contributed by atoms with van der Waals surface area (Å²) in [5.41, 5.74) is 13.8. The number of hydrogen-bond donors (Lipinski definition) is 8. The number of aromatic nitrogens is 2. The molecule has 0 saturated heterocycles. The van der Waals surface area contributed by atoms with Crippen molar-refractivity contribution in [2.75, 3.05) is 6.54 Å². The molecule has 230 valence electrons. The number of aromatic hydroxyl groups is 1. The lowest BCUT2D eigenvalue weighted by atomic mass is 10.0. The minimum atomic E-state index is -1.22. The molecule has 0 radical (unpaired) electrons. The smallest absolute Gasteiger partial charge is 0.326 e. The molecule has 4 atom stereocenters. The van der Waals surface area contributed by atoms with E-state index in [9.17, 15) is 29.4 Å². The van der Waals surface area contributed by atoms with Crippen LogP contribution < -0.4 is 27.4 Å². The van der Waals surface area contributed by atoms with Crippen LogP contribution in [0.1, 0.15) is 36.1 Å². The lowest BCUT2D eigenvalue weighted by Crippen LogP contribution is -2.58. The Balaban J connectivity index is 1.73. The van der Waals surface area contributed by atoms with Crippen molar-refractivity contribution < 1.29 is 29.4 Å². The summed E-state index contributed by atoms with van der Waals surface area (Å²) in [5, 5.41) is 27.2. The van der Waals surface area contributed by atoms with Gasteiger partial charge in [0.1, 0.15) is 23.9 Å². The third-order valence-corrected chi connectivity index (χ3v) is 6.82. The average molecular weight is 594 g/mol. The lowest BCUT2D eigenvalue weighted by molar-refractivity contribution is -0.142. The largest absolute Gasteiger partial charge is 0.508 e. The number of nitrogens with zero attached hydrogens (tertiary/aromatic N) is 1. The number of hydrogen-bond acceptors (Lipinski definition) is 8. The molecule has 4 unspecified atom stereocenters. The number of carbonyl (C=O) groups excluding carboxylic acids is 3. The first-order valence-electron chi connectivity index (χ1n) is 14.0. The summed E-state index contributed by atoms with van der Waals surface area (Å²) in [5.74, 6) is -3.04. The molecule has 0 fully saturated rings. The third-order valence-electron chi connectivity index (χ3n) is 6.82. The first-order valence-corrected chi connectivity index (χ1v) is 14.0. The van der Waals surface area contributed by atoms with Gasteiger partial charge in [-0.15, -0.1) is 0 Å². The Labute approximate surface area is 249 Å². The van der Waals surface area contributed by atoms with Crippen molar-refractivity contribution in [1.29, 1.82) is 0 Å². The zero-order chi connectivity index (χ0) is 31.2. The van der Waals surface area contributed by atoms with Crippen molar-refractivity contribution in [1.82, 2.24) is 25.9 Å². The molecule has 1 aromatic heterocycles. The molecule has 0 saturated carbocycles. The van der Waals surface area contributed by atoms with Crippen LogP contribution in [0.3, 0.4) is 0 Å². The monoisotopic (exact) mass is 593 g/mol. The molecule has 0 aliphatic heterocycles. The predicted molar refractivity (Wildman–Crippen MR) is 159 cm³/mol. The maximum absolute atomic E-state index is 13.5. The summed E-state index contributed by atoms with van der Waals surface area (Å²) in [6.45, 7) is 0.380. The van der Waals surface area contributed by atoms with E-state index in [2.05, 4.69) is 25.9 Å². The Morgan fingerprint density at radius 1 is 0.791 bits per heavy atom. The minimum Gasteiger partial charge on any atom is -0.508 e. The molecule has 13 nitrogen and oxygen atoms in total. The number of carbonyl (C=O) groups is 4. The molecule has 0 aliphatic rings. The average Bonchev–Trinajstić information content (AvgIpc) is 3.50.